The number of aliphatic carboxylic acids is 1. The van der Waals surface area contributed by atoms with Gasteiger partial charge in [-0.25, -0.2) is 4.79 Å². The Balaban J connectivity index is 5.09. The van der Waals surface area contributed by atoms with Gasteiger partial charge in [0.25, 0.3) is 0 Å². The summed E-state index contributed by atoms with van der Waals surface area (Å²) in [6.45, 7) is 6.90. The summed E-state index contributed by atoms with van der Waals surface area (Å²) in [6, 6.07) is -3.44. The highest BCUT2D eigenvalue weighted by molar-refractivity contribution is 8.13. The van der Waals surface area contributed by atoms with E-state index < -0.39 is 54.3 Å². The van der Waals surface area contributed by atoms with E-state index >= 15 is 0 Å². The van der Waals surface area contributed by atoms with Crippen molar-refractivity contribution in [3.63, 3.8) is 0 Å². The first kappa shape index (κ1) is 31.4. The summed E-state index contributed by atoms with van der Waals surface area (Å²) < 4.78 is 0. The molecule has 0 aromatic rings. The SMILES string of the molecule is CC(=O)N[C@@H](CSC(C)=O)C(=O)NCC(=O)N[C@H](CC(C)C)C(=O)N[C@@H](CSC(C)=O)C(=O)O. The lowest BCUT2D eigenvalue weighted by Gasteiger charge is -2.23. The minimum Gasteiger partial charge on any atom is -0.480 e. The first-order valence-electron chi connectivity index (χ1n) is 10.4. The molecule has 14 heteroatoms. The van der Waals surface area contributed by atoms with Crippen LogP contribution in [0.2, 0.25) is 0 Å². The van der Waals surface area contributed by atoms with Crippen LogP contribution in [0.15, 0.2) is 0 Å². The Labute approximate surface area is 206 Å². The van der Waals surface area contributed by atoms with Crippen LogP contribution in [0, 0.1) is 5.92 Å². The van der Waals surface area contributed by atoms with Gasteiger partial charge in [0.15, 0.2) is 10.2 Å². The van der Waals surface area contributed by atoms with Crippen LogP contribution in [0.5, 0.6) is 0 Å². The molecule has 0 aromatic carbocycles. The maximum Gasteiger partial charge on any atom is 0.327 e. The largest absolute Gasteiger partial charge is 0.480 e. The Morgan fingerprint density at radius 2 is 1.26 bits per heavy atom. The van der Waals surface area contributed by atoms with Crippen LogP contribution in [0.25, 0.3) is 0 Å². The Hall–Kier alpha value is -2.61. The van der Waals surface area contributed by atoms with Crippen molar-refractivity contribution < 1.29 is 38.7 Å². The summed E-state index contributed by atoms with van der Waals surface area (Å²) in [4.78, 5) is 82.3. The summed E-state index contributed by atoms with van der Waals surface area (Å²) in [5.74, 6) is -4.16. The van der Waals surface area contributed by atoms with E-state index in [1.165, 1.54) is 20.8 Å². The monoisotopic (exact) mass is 520 g/mol. The molecular formula is C20H32N4O8S2. The molecule has 0 saturated heterocycles. The van der Waals surface area contributed by atoms with E-state index in [-0.39, 0.29) is 34.1 Å². The number of nitrogens with one attached hydrogen (secondary N) is 4. The van der Waals surface area contributed by atoms with Gasteiger partial charge in [-0.2, -0.15) is 0 Å². The first-order valence-corrected chi connectivity index (χ1v) is 12.3. The van der Waals surface area contributed by atoms with Gasteiger partial charge in [-0.15, -0.1) is 0 Å². The number of rotatable bonds is 14. The molecule has 0 aliphatic carbocycles. The molecule has 0 heterocycles. The zero-order valence-electron chi connectivity index (χ0n) is 19.8. The molecule has 192 valence electrons. The van der Waals surface area contributed by atoms with E-state index in [2.05, 4.69) is 21.3 Å². The number of carbonyl (C=O) groups excluding carboxylic acids is 6. The van der Waals surface area contributed by atoms with Crippen LogP contribution >= 0.6 is 23.5 Å². The number of amides is 4. The van der Waals surface area contributed by atoms with Gasteiger partial charge >= 0.3 is 5.97 Å². The smallest absolute Gasteiger partial charge is 0.327 e. The Morgan fingerprint density at radius 1 is 0.735 bits per heavy atom. The molecule has 0 unspecified atom stereocenters. The van der Waals surface area contributed by atoms with E-state index in [4.69, 9.17) is 0 Å². The molecule has 0 spiro atoms. The Bertz CT molecular complexity index is 791. The maximum atomic E-state index is 12.6. The lowest BCUT2D eigenvalue weighted by atomic mass is 10.0. The van der Waals surface area contributed by atoms with Crippen LogP contribution in [0.4, 0.5) is 0 Å². The van der Waals surface area contributed by atoms with Crippen LogP contribution in [0.3, 0.4) is 0 Å². The molecule has 4 amide bonds. The Kier molecular flexibility index (Phi) is 14.9. The molecule has 0 aliphatic rings. The van der Waals surface area contributed by atoms with Crippen LogP contribution in [-0.4, -0.2) is 81.1 Å². The number of carboxylic acid groups (broad SMARTS) is 1. The summed E-state index contributed by atoms with van der Waals surface area (Å²) in [5.41, 5.74) is 0. The van der Waals surface area contributed by atoms with E-state index in [1.807, 2.05) is 0 Å². The lowest BCUT2D eigenvalue weighted by molar-refractivity contribution is -0.141. The molecule has 12 nitrogen and oxygen atoms in total. The molecule has 0 radical (unpaired) electrons. The van der Waals surface area contributed by atoms with E-state index in [1.54, 1.807) is 13.8 Å². The van der Waals surface area contributed by atoms with Gasteiger partial charge in [-0.1, -0.05) is 37.4 Å². The second-order valence-corrected chi connectivity index (χ2v) is 10.1. The summed E-state index contributed by atoms with van der Waals surface area (Å²) in [6.07, 6.45) is 0.196. The van der Waals surface area contributed by atoms with Crippen molar-refractivity contribution in [2.45, 2.75) is 59.2 Å². The second kappa shape index (κ2) is 16.1. The third-order valence-corrected chi connectivity index (χ3v) is 5.81. The molecule has 0 bridgehead atoms. The van der Waals surface area contributed by atoms with Gasteiger partial charge in [0.1, 0.15) is 18.1 Å². The molecule has 5 N–H and O–H groups in total. The molecule has 0 aliphatic heterocycles. The van der Waals surface area contributed by atoms with Crippen molar-refractivity contribution in [2.75, 3.05) is 18.1 Å². The number of thioether (sulfide) groups is 2. The average molecular weight is 521 g/mol. The van der Waals surface area contributed by atoms with E-state index in [0.29, 0.717) is 0 Å². The highest BCUT2D eigenvalue weighted by Gasteiger charge is 2.28. The van der Waals surface area contributed by atoms with Crippen LogP contribution in [0.1, 0.15) is 41.0 Å². The van der Waals surface area contributed by atoms with Crippen molar-refractivity contribution in [2.24, 2.45) is 5.92 Å². The third-order valence-electron chi connectivity index (χ3n) is 4.00. The predicted octanol–water partition coefficient (Wildman–Crippen LogP) is -0.733. The van der Waals surface area contributed by atoms with Gasteiger partial charge in [0.05, 0.1) is 6.54 Å². The molecule has 34 heavy (non-hydrogen) atoms. The van der Waals surface area contributed by atoms with Crippen molar-refractivity contribution in [1.29, 1.82) is 0 Å². The first-order chi connectivity index (χ1) is 15.7. The zero-order chi connectivity index (χ0) is 26.4. The number of carboxylic acids is 1. The maximum absolute atomic E-state index is 12.6. The van der Waals surface area contributed by atoms with E-state index in [0.717, 1.165) is 23.5 Å². The van der Waals surface area contributed by atoms with Crippen molar-refractivity contribution in [1.82, 2.24) is 21.3 Å². The van der Waals surface area contributed by atoms with Crippen LogP contribution < -0.4 is 21.3 Å². The average Bonchev–Trinajstić information content (AvgIpc) is 2.70. The molecule has 3 atom stereocenters. The van der Waals surface area contributed by atoms with Gasteiger partial charge in [0, 0.05) is 32.3 Å². The molecule has 0 fully saturated rings. The summed E-state index contributed by atoms with van der Waals surface area (Å²) in [7, 11) is 0. The normalized spacial score (nSPS) is 13.2. The third kappa shape index (κ3) is 14.5. The highest BCUT2D eigenvalue weighted by atomic mass is 32.2. The van der Waals surface area contributed by atoms with Gasteiger partial charge < -0.3 is 26.4 Å². The molecule has 0 aromatic heterocycles. The van der Waals surface area contributed by atoms with Gasteiger partial charge in [0.2, 0.25) is 23.6 Å². The second-order valence-electron chi connectivity index (χ2n) is 7.73. The van der Waals surface area contributed by atoms with Gasteiger partial charge in [-0.3, -0.25) is 28.8 Å². The van der Waals surface area contributed by atoms with Gasteiger partial charge in [-0.05, 0) is 12.3 Å². The number of hydrogen-bond acceptors (Lipinski definition) is 9. The Morgan fingerprint density at radius 3 is 1.71 bits per heavy atom. The van der Waals surface area contributed by atoms with Crippen molar-refractivity contribution in [3.05, 3.63) is 0 Å². The van der Waals surface area contributed by atoms with Crippen LogP contribution in [-0.2, 0) is 33.6 Å². The van der Waals surface area contributed by atoms with Crippen molar-refractivity contribution >= 4 is 63.4 Å². The predicted molar refractivity (Wildman–Crippen MR) is 128 cm³/mol. The minimum absolute atomic E-state index is 0.0183. The molecule has 0 saturated carbocycles. The fraction of sp³-hybridized carbons (Fsp3) is 0.650. The fourth-order valence-electron chi connectivity index (χ4n) is 2.52. The zero-order valence-corrected chi connectivity index (χ0v) is 21.4. The molecular weight excluding hydrogens is 488 g/mol. The lowest BCUT2D eigenvalue weighted by Crippen LogP contribution is -2.55. The minimum atomic E-state index is -1.33. The number of hydrogen-bond donors (Lipinski definition) is 5. The summed E-state index contributed by atoms with van der Waals surface area (Å²) >= 11 is 1.59. The highest BCUT2D eigenvalue weighted by Crippen LogP contribution is 2.08. The summed E-state index contributed by atoms with van der Waals surface area (Å²) in [5, 5.41) is 18.3. The number of carbonyl (C=O) groups is 7. The fourth-order valence-corrected chi connectivity index (χ4v) is 3.78. The quantitative estimate of drug-likeness (QED) is 0.195. The topological polar surface area (TPSA) is 188 Å². The van der Waals surface area contributed by atoms with Crippen molar-refractivity contribution in [3.8, 4) is 0 Å². The molecule has 0 rings (SSSR count). The standard InChI is InChI=1S/C20H32N4O8S2/c1-10(2)6-14(19(30)24-16(20(31)32)9-34-13(5)27)23-17(28)7-21-18(29)15(22-11(3)25)8-33-12(4)26/h10,14-16H,6-9H2,1-5H3,(H,21,29)(H,22,25)(H,23,28)(H,24,30)(H,31,32)/t14-,15+,16+/m1/s1. The van der Waals surface area contributed by atoms with E-state index in [9.17, 15) is 38.7 Å².